The van der Waals surface area contributed by atoms with Crippen molar-refractivity contribution in [1.29, 1.82) is 0 Å². The second kappa shape index (κ2) is 6.21. The van der Waals surface area contributed by atoms with Crippen molar-refractivity contribution in [1.82, 2.24) is 18.8 Å². The maximum Gasteiger partial charge on any atom is 0.330 e. The van der Waals surface area contributed by atoms with Gasteiger partial charge >= 0.3 is 5.69 Å². The van der Waals surface area contributed by atoms with E-state index in [2.05, 4.69) is 23.5 Å². The van der Waals surface area contributed by atoms with Crippen molar-refractivity contribution < 1.29 is 8.42 Å². The SMILES string of the molecule is CC(C)N1C[C@H](NS(=O)(=O)c2cn(C)c(=O)n(C)c2=O)[C@@H](C)C1. The van der Waals surface area contributed by atoms with Crippen molar-refractivity contribution in [2.75, 3.05) is 13.1 Å². The van der Waals surface area contributed by atoms with Gasteiger partial charge in [-0.1, -0.05) is 6.92 Å². The number of nitrogens with one attached hydrogen (secondary N) is 1. The maximum atomic E-state index is 12.6. The van der Waals surface area contributed by atoms with Gasteiger partial charge in [0.1, 0.15) is 0 Å². The molecule has 130 valence electrons. The predicted octanol–water partition coefficient (Wildman–Crippen LogP) is -0.909. The third kappa shape index (κ3) is 3.41. The Morgan fingerprint density at radius 3 is 2.35 bits per heavy atom. The zero-order chi connectivity index (χ0) is 17.5. The highest BCUT2D eigenvalue weighted by Gasteiger charge is 2.35. The van der Waals surface area contributed by atoms with Crippen molar-refractivity contribution in [3.63, 3.8) is 0 Å². The van der Waals surface area contributed by atoms with Crippen LogP contribution in [0.1, 0.15) is 20.8 Å². The molecule has 0 unspecified atom stereocenters. The molecular weight excluding hydrogens is 320 g/mol. The third-order valence-corrected chi connectivity index (χ3v) is 5.85. The van der Waals surface area contributed by atoms with Crippen molar-refractivity contribution in [3.8, 4) is 0 Å². The average Bonchev–Trinajstić information content (AvgIpc) is 2.81. The number of rotatable bonds is 4. The van der Waals surface area contributed by atoms with Gasteiger partial charge < -0.3 is 4.57 Å². The van der Waals surface area contributed by atoms with Crippen LogP contribution >= 0.6 is 0 Å². The largest absolute Gasteiger partial charge is 0.330 e. The van der Waals surface area contributed by atoms with Gasteiger partial charge in [0.2, 0.25) is 10.0 Å². The molecule has 0 spiro atoms. The molecule has 0 bridgehead atoms. The zero-order valence-corrected chi connectivity index (χ0v) is 14.9. The molecule has 1 N–H and O–H groups in total. The van der Waals surface area contributed by atoms with Gasteiger partial charge in [-0.15, -0.1) is 0 Å². The molecule has 0 aromatic carbocycles. The van der Waals surface area contributed by atoms with E-state index in [4.69, 9.17) is 0 Å². The maximum absolute atomic E-state index is 12.6. The average molecular weight is 344 g/mol. The number of sulfonamides is 1. The van der Waals surface area contributed by atoms with Crippen LogP contribution in [0, 0.1) is 5.92 Å². The van der Waals surface area contributed by atoms with E-state index in [0.29, 0.717) is 12.6 Å². The molecule has 1 aliphatic heterocycles. The third-order valence-electron chi connectivity index (χ3n) is 4.38. The van der Waals surface area contributed by atoms with E-state index in [1.165, 1.54) is 14.1 Å². The molecule has 2 atom stereocenters. The Bertz CT molecular complexity index is 809. The second-order valence-electron chi connectivity index (χ2n) is 6.50. The number of likely N-dealkylation sites (tertiary alicyclic amines) is 1. The molecule has 0 aliphatic carbocycles. The Hall–Kier alpha value is -1.45. The van der Waals surface area contributed by atoms with E-state index in [-0.39, 0.29) is 12.0 Å². The molecule has 1 aromatic rings. The Balaban J connectivity index is 2.34. The van der Waals surface area contributed by atoms with Crippen LogP contribution in [0.4, 0.5) is 0 Å². The highest BCUT2D eigenvalue weighted by molar-refractivity contribution is 7.89. The van der Waals surface area contributed by atoms with E-state index >= 15 is 0 Å². The molecule has 0 amide bonds. The fourth-order valence-electron chi connectivity index (χ4n) is 2.80. The zero-order valence-electron chi connectivity index (χ0n) is 14.1. The summed E-state index contributed by atoms with van der Waals surface area (Å²) in [5, 5.41) is 0. The fourth-order valence-corrected chi connectivity index (χ4v) is 4.30. The van der Waals surface area contributed by atoms with Gasteiger partial charge in [-0.05, 0) is 19.8 Å². The van der Waals surface area contributed by atoms with E-state index in [0.717, 1.165) is 21.9 Å². The van der Waals surface area contributed by atoms with E-state index in [1.807, 2.05) is 6.92 Å². The molecule has 23 heavy (non-hydrogen) atoms. The summed E-state index contributed by atoms with van der Waals surface area (Å²) in [6.07, 6.45) is 1.08. The quantitative estimate of drug-likeness (QED) is 0.763. The smallest absolute Gasteiger partial charge is 0.302 e. The Morgan fingerprint density at radius 2 is 1.83 bits per heavy atom. The molecule has 1 aliphatic rings. The summed E-state index contributed by atoms with van der Waals surface area (Å²) < 4.78 is 29.7. The van der Waals surface area contributed by atoms with Crippen LogP contribution in [0.3, 0.4) is 0 Å². The van der Waals surface area contributed by atoms with Crippen LogP contribution in [-0.2, 0) is 24.1 Å². The van der Waals surface area contributed by atoms with Gasteiger partial charge in [0, 0.05) is 45.5 Å². The standard InChI is InChI=1S/C14H24N4O4S/c1-9(2)18-6-10(3)11(7-18)15-23(21,22)12-8-16(4)14(20)17(5)13(12)19/h8-11,15H,6-7H2,1-5H3/t10-,11-/m0/s1. The van der Waals surface area contributed by atoms with Crippen molar-refractivity contribution >= 4 is 10.0 Å². The molecular formula is C14H24N4O4S. The van der Waals surface area contributed by atoms with Gasteiger partial charge in [-0.3, -0.25) is 14.3 Å². The van der Waals surface area contributed by atoms with Crippen LogP contribution in [0.25, 0.3) is 0 Å². The lowest BCUT2D eigenvalue weighted by Crippen LogP contribution is -2.45. The molecule has 8 nitrogen and oxygen atoms in total. The molecule has 0 radical (unpaired) electrons. The minimum absolute atomic E-state index is 0.142. The number of hydrogen-bond donors (Lipinski definition) is 1. The molecule has 1 saturated heterocycles. The Morgan fingerprint density at radius 1 is 1.22 bits per heavy atom. The Labute approximate surface area is 135 Å². The fraction of sp³-hybridized carbons (Fsp3) is 0.714. The summed E-state index contributed by atoms with van der Waals surface area (Å²) in [6, 6.07) is 0.0710. The first-order valence-corrected chi connectivity index (χ1v) is 9.06. The molecule has 2 rings (SSSR count). The van der Waals surface area contributed by atoms with E-state index in [9.17, 15) is 18.0 Å². The summed E-state index contributed by atoms with van der Waals surface area (Å²) in [7, 11) is -1.31. The monoisotopic (exact) mass is 344 g/mol. The Kier molecular flexibility index (Phi) is 4.84. The van der Waals surface area contributed by atoms with Gasteiger partial charge in [0.15, 0.2) is 4.90 Å². The minimum atomic E-state index is -3.99. The van der Waals surface area contributed by atoms with Gasteiger partial charge in [0.25, 0.3) is 5.56 Å². The normalized spacial score (nSPS) is 22.9. The lowest BCUT2D eigenvalue weighted by molar-refractivity contribution is 0.265. The number of hydrogen-bond acceptors (Lipinski definition) is 5. The first-order chi connectivity index (χ1) is 10.5. The summed E-state index contributed by atoms with van der Waals surface area (Å²) >= 11 is 0. The summed E-state index contributed by atoms with van der Waals surface area (Å²) in [6.45, 7) is 7.51. The molecule has 0 saturated carbocycles. The number of aryl methyl sites for hydroxylation is 1. The topological polar surface area (TPSA) is 93.4 Å². The molecule has 9 heteroatoms. The molecule has 2 heterocycles. The lowest BCUT2D eigenvalue weighted by atomic mass is 10.1. The van der Waals surface area contributed by atoms with E-state index in [1.54, 1.807) is 0 Å². The highest BCUT2D eigenvalue weighted by atomic mass is 32.2. The highest BCUT2D eigenvalue weighted by Crippen LogP contribution is 2.20. The summed E-state index contributed by atoms with van der Waals surface area (Å²) in [5.74, 6) is 0.142. The predicted molar refractivity (Wildman–Crippen MR) is 86.9 cm³/mol. The van der Waals surface area contributed by atoms with Crippen molar-refractivity contribution in [2.24, 2.45) is 20.0 Å². The minimum Gasteiger partial charge on any atom is -0.302 e. The van der Waals surface area contributed by atoms with Crippen LogP contribution in [-0.4, -0.2) is 47.6 Å². The summed E-state index contributed by atoms with van der Waals surface area (Å²) in [5.41, 5.74) is -1.37. The van der Waals surface area contributed by atoms with Crippen LogP contribution in [0.5, 0.6) is 0 Å². The lowest BCUT2D eigenvalue weighted by Gasteiger charge is -2.20. The first kappa shape index (κ1) is 17.9. The first-order valence-electron chi connectivity index (χ1n) is 7.57. The van der Waals surface area contributed by atoms with Gasteiger partial charge in [-0.2, -0.15) is 0 Å². The molecule has 1 fully saturated rings. The number of nitrogens with zero attached hydrogens (tertiary/aromatic N) is 3. The van der Waals surface area contributed by atoms with Crippen LogP contribution in [0.15, 0.2) is 20.7 Å². The summed E-state index contributed by atoms with van der Waals surface area (Å²) in [4.78, 5) is 25.6. The second-order valence-corrected chi connectivity index (χ2v) is 8.19. The van der Waals surface area contributed by atoms with Crippen LogP contribution in [0.2, 0.25) is 0 Å². The molecule has 1 aromatic heterocycles. The van der Waals surface area contributed by atoms with E-state index < -0.39 is 26.2 Å². The van der Waals surface area contributed by atoms with Crippen molar-refractivity contribution in [2.45, 2.75) is 37.8 Å². The van der Waals surface area contributed by atoms with Crippen molar-refractivity contribution in [3.05, 3.63) is 27.0 Å². The van der Waals surface area contributed by atoms with Gasteiger partial charge in [-0.25, -0.2) is 17.9 Å². The number of aromatic nitrogens is 2. The van der Waals surface area contributed by atoms with Crippen LogP contribution < -0.4 is 16.0 Å². The van der Waals surface area contributed by atoms with Gasteiger partial charge in [0.05, 0.1) is 0 Å².